The van der Waals surface area contributed by atoms with Crippen molar-refractivity contribution < 1.29 is 9.59 Å². The number of rotatable bonds is 4. The number of nitrogens with zero attached hydrogens (tertiary/aromatic N) is 2. The Labute approximate surface area is 165 Å². The molecule has 4 nitrogen and oxygen atoms in total. The van der Waals surface area contributed by atoms with Crippen molar-refractivity contribution in [3.8, 4) is 0 Å². The molecule has 0 saturated carbocycles. The SMILES string of the molecule is CC(=O)N1CCCN(C(=O)C[C@@H](c2ccccc2)c2cccc(Cl)c2)CC1. The molecule has 1 aliphatic heterocycles. The predicted molar refractivity (Wildman–Crippen MR) is 108 cm³/mol. The largest absolute Gasteiger partial charge is 0.341 e. The van der Waals surface area contributed by atoms with Crippen LogP contribution in [0.25, 0.3) is 0 Å². The zero-order valence-electron chi connectivity index (χ0n) is 15.6. The molecule has 0 N–H and O–H groups in total. The van der Waals surface area contributed by atoms with Crippen LogP contribution in [0.2, 0.25) is 5.02 Å². The van der Waals surface area contributed by atoms with E-state index >= 15 is 0 Å². The first-order valence-corrected chi connectivity index (χ1v) is 9.76. The smallest absolute Gasteiger partial charge is 0.223 e. The van der Waals surface area contributed by atoms with Gasteiger partial charge in [-0.1, -0.05) is 54.1 Å². The van der Waals surface area contributed by atoms with E-state index in [-0.39, 0.29) is 17.7 Å². The van der Waals surface area contributed by atoms with Gasteiger partial charge in [-0.25, -0.2) is 0 Å². The molecule has 142 valence electrons. The Morgan fingerprint density at radius 2 is 1.59 bits per heavy atom. The fourth-order valence-corrected chi connectivity index (χ4v) is 3.82. The van der Waals surface area contributed by atoms with Gasteiger partial charge < -0.3 is 9.80 Å². The van der Waals surface area contributed by atoms with E-state index in [1.807, 2.05) is 52.3 Å². The molecule has 1 aliphatic rings. The standard InChI is InChI=1S/C22H25ClN2O2/c1-17(26)24-11-6-12-25(14-13-24)22(27)16-21(18-7-3-2-4-8-18)19-9-5-10-20(23)15-19/h2-5,7-10,15,21H,6,11-14,16H2,1H3/t21-/m0/s1. The monoisotopic (exact) mass is 384 g/mol. The van der Waals surface area contributed by atoms with Crippen LogP contribution in [0.4, 0.5) is 0 Å². The summed E-state index contributed by atoms with van der Waals surface area (Å²) in [5, 5.41) is 0.674. The Morgan fingerprint density at radius 3 is 2.30 bits per heavy atom. The van der Waals surface area contributed by atoms with Crippen LogP contribution >= 0.6 is 11.6 Å². The lowest BCUT2D eigenvalue weighted by molar-refractivity contribution is -0.132. The maximum absolute atomic E-state index is 13.1. The minimum absolute atomic E-state index is 0.0374. The quantitative estimate of drug-likeness (QED) is 0.801. The molecule has 0 bridgehead atoms. The van der Waals surface area contributed by atoms with Crippen molar-refractivity contribution >= 4 is 23.4 Å². The first-order chi connectivity index (χ1) is 13.0. The zero-order chi connectivity index (χ0) is 19.2. The summed E-state index contributed by atoms with van der Waals surface area (Å²) in [6.07, 6.45) is 1.21. The summed E-state index contributed by atoms with van der Waals surface area (Å²) in [5.74, 6) is 0.157. The van der Waals surface area contributed by atoms with E-state index in [1.165, 1.54) is 0 Å². The summed E-state index contributed by atoms with van der Waals surface area (Å²) < 4.78 is 0. The van der Waals surface area contributed by atoms with Crippen molar-refractivity contribution in [1.29, 1.82) is 0 Å². The molecule has 5 heteroatoms. The Morgan fingerprint density at radius 1 is 0.926 bits per heavy atom. The van der Waals surface area contributed by atoms with E-state index in [0.29, 0.717) is 31.1 Å². The lowest BCUT2D eigenvalue weighted by atomic mass is 9.88. The second-order valence-electron chi connectivity index (χ2n) is 6.96. The molecule has 2 aromatic rings. The third-order valence-electron chi connectivity index (χ3n) is 5.13. The average Bonchev–Trinajstić information content (AvgIpc) is 2.93. The summed E-state index contributed by atoms with van der Waals surface area (Å²) in [7, 11) is 0. The van der Waals surface area contributed by atoms with Crippen LogP contribution < -0.4 is 0 Å². The van der Waals surface area contributed by atoms with E-state index in [2.05, 4.69) is 12.1 Å². The Bertz CT molecular complexity index is 794. The molecular weight excluding hydrogens is 360 g/mol. The van der Waals surface area contributed by atoms with E-state index in [0.717, 1.165) is 24.1 Å². The summed E-state index contributed by atoms with van der Waals surface area (Å²) in [6, 6.07) is 17.8. The maximum Gasteiger partial charge on any atom is 0.223 e. The number of amides is 2. The second-order valence-corrected chi connectivity index (χ2v) is 7.40. The lowest BCUT2D eigenvalue weighted by Crippen LogP contribution is -2.37. The van der Waals surface area contributed by atoms with Crippen LogP contribution in [-0.4, -0.2) is 47.8 Å². The maximum atomic E-state index is 13.1. The van der Waals surface area contributed by atoms with Crippen LogP contribution in [0, 0.1) is 0 Å². The van der Waals surface area contributed by atoms with Crippen LogP contribution in [0.5, 0.6) is 0 Å². The molecular formula is C22H25ClN2O2. The highest BCUT2D eigenvalue weighted by atomic mass is 35.5. The normalized spacial score (nSPS) is 15.9. The van der Waals surface area contributed by atoms with Crippen molar-refractivity contribution in [2.24, 2.45) is 0 Å². The predicted octanol–water partition coefficient (Wildman–Crippen LogP) is 3.94. The Kier molecular flexibility index (Phi) is 6.51. The van der Waals surface area contributed by atoms with E-state index in [4.69, 9.17) is 11.6 Å². The van der Waals surface area contributed by atoms with Gasteiger partial charge in [-0.2, -0.15) is 0 Å². The van der Waals surface area contributed by atoms with Gasteiger partial charge in [-0.3, -0.25) is 9.59 Å². The van der Waals surface area contributed by atoms with Crippen LogP contribution in [0.15, 0.2) is 54.6 Å². The highest BCUT2D eigenvalue weighted by Crippen LogP contribution is 2.30. The Balaban J connectivity index is 1.78. The van der Waals surface area contributed by atoms with Gasteiger partial charge in [0.15, 0.2) is 0 Å². The van der Waals surface area contributed by atoms with Gasteiger partial charge in [-0.15, -0.1) is 0 Å². The van der Waals surface area contributed by atoms with Crippen LogP contribution in [0.3, 0.4) is 0 Å². The molecule has 3 rings (SSSR count). The Hall–Kier alpha value is -2.33. The molecule has 1 heterocycles. The second kappa shape index (κ2) is 9.05. The molecule has 2 amide bonds. The number of carbonyl (C=O) groups excluding carboxylic acids is 2. The summed E-state index contributed by atoms with van der Waals surface area (Å²) in [5.41, 5.74) is 2.15. The van der Waals surface area contributed by atoms with Gasteiger partial charge in [-0.05, 0) is 29.7 Å². The number of hydrogen-bond donors (Lipinski definition) is 0. The number of halogens is 1. The first-order valence-electron chi connectivity index (χ1n) is 9.38. The number of benzene rings is 2. The number of hydrogen-bond acceptors (Lipinski definition) is 2. The highest BCUT2D eigenvalue weighted by Gasteiger charge is 2.24. The molecule has 0 spiro atoms. The minimum atomic E-state index is -0.0374. The van der Waals surface area contributed by atoms with Crippen LogP contribution in [0.1, 0.15) is 36.8 Å². The van der Waals surface area contributed by atoms with Crippen molar-refractivity contribution in [3.63, 3.8) is 0 Å². The molecule has 1 fully saturated rings. The third kappa shape index (κ3) is 5.10. The third-order valence-corrected chi connectivity index (χ3v) is 5.36. The average molecular weight is 385 g/mol. The van der Waals surface area contributed by atoms with Gasteiger partial charge in [0.25, 0.3) is 0 Å². The topological polar surface area (TPSA) is 40.6 Å². The van der Waals surface area contributed by atoms with Crippen molar-refractivity contribution in [2.75, 3.05) is 26.2 Å². The van der Waals surface area contributed by atoms with E-state index in [9.17, 15) is 9.59 Å². The fourth-order valence-electron chi connectivity index (χ4n) is 3.62. The molecule has 0 aromatic heterocycles. The first kappa shape index (κ1) is 19.4. The zero-order valence-corrected chi connectivity index (χ0v) is 16.4. The van der Waals surface area contributed by atoms with Crippen LogP contribution in [-0.2, 0) is 9.59 Å². The van der Waals surface area contributed by atoms with E-state index < -0.39 is 0 Å². The number of carbonyl (C=O) groups is 2. The summed E-state index contributed by atoms with van der Waals surface area (Å²) in [4.78, 5) is 28.4. The van der Waals surface area contributed by atoms with Gasteiger partial charge in [0.05, 0.1) is 0 Å². The van der Waals surface area contributed by atoms with Gasteiger partial charge in [0, 0.05) is 50.5 Å². The molecule has 2 aromatic carbocycles. The molecule has 0 aliphatic carbocycles. The van der Waals surface area contributed by atoms with Crippen molar-refractivity contribution in [1.82, 2.24) is 9.80 Å². The van der Waals surface area contributed by atoms with Gasteiger partial charge in [0.1, 0.15) is 0 Å². The molecule has 1 atom stereocenters. The fraction of sp³-hybridized carbons (Fsp3) is 0.364. The van der Waals surface area contributed by atoms with Crippen molar-refractivity contribution in [2.45, 2.75) is 25.7 Å². The lowest BCUT2D eigenvalue weighted by Gasteiger charge is -2.25. The van der Waals surface area contributed by atoms with E-state index in [1.54, 1.807) is 6.92 Å². The molecule has 27 heavy (non-hydrogen) atoms. The minimum Gasteiger partial charge on any atom is -0.341 e. The van der Waals surface area contributed by atoms with Gasteiger partial charge >= 0.3 is 0 Å². The highest BCUT2D eigenvalue weighted by molar-refractivity contribution is 6.30. The molecule has 0 radical (unpaired) electrons. The molecule has 1 saturated heterocycles. The summed E-state index contributed by atoms with van der Waals surface area (Å²) in [6.45, 7) is 4.20. The van der Waals surface area contributed by atoms with Crippen molar-refractivity contribution in [3.05, 3.63) is 70.7 Å². The molecule has 0 unspecified atom stereocenters. The van der Waals surface area contributed by atoms with Gasteiger partial charge in [0.2, 0.25) is 11.8 Å². The summed E-state index contributed by atoms with van der Waals surface area (Å²) >= 11 is 6.20.